The molecule has 0 aliphatic heterocycles. The predicted molar refractivity (Wildman–Crippen MR) is 95.1 cm³/mol. The summed E-state index contributed by atoms with van der Waals surface area (Å²) in [4.78, 5) is 11.8. The second-order valence-corrected chi connectivity index (χ2v) is 7.69. The van der Waals surface area contributed by atoms with Gasteiger partial charge in [0, 0.05) is 19.5 Å². The van der Waals surface area contributed by atoms with Crippen molar-refractivity contribution in [2.75, 3.05) is 23.7 Å². The fourth-order valence-corrected chi connectivity index (χ4v) is 3.41. The molecule has 1 N–H and O–H groups in total. The number of nitrogens with one attached hydrogen (secondary N) is 1. The Morgan fingerprint density at radius 3 is 2.48 bits per heavy atom. The van der Waals surface area contributed by atoms with Crippen molar-refractivity contribution in [3.63, 3.8) is 0 Å². The number of para-hydroxylation sites is 1. The number of unbranched alkanes of at least 4 members (excludes halogenated alkanes) is 2. The first-order valence-electron chi connectivity index (χ1n) is 8.16. The van der Waals surface area contributed by atoms with Crippen LogP contribution >= 0.6 is 0 Å². The Kier molecular flexibility index (Phi) is 8.09. The van der Waals surface area contributed by atoms with E-state index in [9.17, 15) is 13.2 Å². The summed E-state index contributed by atoms with van der Waals surface area (Å²) in [6.07, 6.45) is 5.25. The largest absolute Gasteiger partial charge is 0.356 e. The Hall–Kier alpha value is -1.56. The molecular weight excluding hydrogens is 312 g/mol. The molecule has 0 heterocycles. The molecule has 0 aromatic heterocycles. The minimum atomic E-state index is -3.36. The van der Waals surface area contributed by atoms with Crippen molar-refractivity contribution < 1.29 is 13.2 Å². The van der Waals surface area contributed by atoms with Crippen LogP contribution < -0.4 is 9.62 Å². The van der Waals surface area contributed by atoms with E-state index in [1.54, 1.807) is 6.07 Å². The van der Waals surface area contributed by atoms with E-state index >= 15 is 0 Å². The van der Waals surface area contributed by atoms with E-state index in [0.717, 1.165) is 24.8 Å². The average Bonchev–Trinajstić information content (AvgIpc) is 2.48. The van der Waals surface area contributed by atoms with Crippen LogP contribution in [0.2, 0.25) is 0 Å². The standard InChI is InChI=1S/C17H28N2O3S/c1-4-5-8-13-18-17(20)12-9-14-19(23(3,21)22)16-11-7-6-10-15(16)2/h6-7,10-11H,4-5,8-9,12-14H2,1-3H3,(H,18,20). The van der Waals surface area contributed by atoms with Gasteiger partial charge in [-0.3, -0.25) is 9.10 Å². The van der Waals surface area contributed by atoms with Crippen LogP contribution in [-0.4, -0.2) is 33.7 Å². The van der Waals surface area contributed by atoms with Crippen molar-refractivity contribution in [3.05, 3.63) is 29.8 Å². The number of nitrogens with zero attached hydrogens (tertiary/aromatic N) is 1. The van der Waals surface area contributed by atoms with Gasteiger partial charge in [0.2, 0.25) is 15.9 Å². The number of carbonyl (C=O) groups excluding carboxylic acids is 1. The lowest BCUT2D eigenvalue weighted by Crippen LogP contribution is -2.32. The van der Waals surface area contributed by atoms with E-state index in [4.69, 9.17) is 0 Å². The number of benzene rings is 1. The van der Waals surface area contributed by atoms with E-state index in [2.05, 4.69) is 12.2 Å². The number of hydrogen-bond donors (Lipinski definition) is 1. The zero-order valence-electron chi connectivity index (χ0n) is 14.3. The third-order valence-corrected chi connectivity index (χ3v) is 4.83. The molecule has 0 aliphatic rings. The van der Waals surface area contributed by atoms with Crippen LogP contribution in [0.3, 0.4) is 0 Å². The van der Waals surface area contributed by atoms with Crippen molar-refractivity contribution in [2.45, 2.75) is 46.0 Å². The van der Waals surface area contributed by atoms with Crippen molar-refractivity contribution in [1.82, 2.24) is 5.32 Å². The Bertz CT molecular complexity index is 600. The van der Waals surface area contributed by atoms with Gasteiger partial charge in [0.15, 0.2) is 0 Å². The van der Waals surface area contributed by atoms with Crippen molar-refractivity contribution >= 4 is 21.6 Å². The summed E-state index contributed by atoms with van der Waals surface area (Å²) < 4.78 is 25.4. The van der Waals surface area contributed by atoms with Gasteiger partial charge in [0.05, 0.1) is 11.9 Å². The maximum Gasteiger partial charge on any atom is 0.232 e. The topological polar surface area (TPSA) is 66.5 Å². The molecule has 0 fully saturated rings. The Morgan fingerprint density at radius 2 is 1.87 bits per heavy atom. The van der Waals surface area contributed by atoms with Crippen LogP contribution in [0.5, 0.6) is 0 Å². The number of rotatable bonds is 10. The molecule has 0 bridgehead atoms. The first-order valence-corrected chi connectivity index (χ1v) is 10.0. The molecule has 0 unspecified atom stereocenters. The summed E-state index contributed by atoms with van der Waals surface area (Å²) in [5.41, 5.74) is 1.58. The van der Waals surface area contributed by atoms with Crippen LogP contribution in [0.15, 0.2) is 24.3 Å². The maximum atomic E-state index is 12.0. The number of aryl methyl sites for hydroxylation is 1. The second kappa shape index (κ2) is 9.55. The summed E-state index contributed by atoms with van der Waals surface area (Å²) >= 11 is 0. The Balaban J connectivity index is 2.54. The summed E-state index contributed by atoms with van der Waals surface area (Å²) in [5, 5.41) is 2.87. The molecule has 23 heavy (non-hydrogen) atoms. The normalized spacial score (nSPS) is 11.3. The van der Waals surface area contributed by atoms with Crippen LogP contribution in [-0.2, 0) is 14.8 Å². The summed E-state index contributed by atoms with van der Waals surface area (Å²) in [6, 6.07) is 7.37. The van der Waals surface area contributed by atoms with Crippen LogP contribution in [0.1, 0.15) is 44.6 Å². The predicted octanol–water partition coefficient (Wildman–Crippen LogP) is 2.85. The van der Waals surface area contributed by atoms with Gasteiger partial charge in [0.1, 0.15) is 0 Å². The van der Waals surface area contributed by atoms with Gasteiger partial charge in [-0.15, -0.1) is 0 Å². The summed E-state index contributed by atoms with van der Waals surface area (Å²) in [6.45, 7) is 5.01. The molecule has 1 amide bonds. The Labute approximate surface area is 140 Å². The first kappa shape index (κ1) is 19.5. The zero-order valence-corrected chi connectivity index (χ0v) is 15.2. The Morgan fingerprint density at radius 1 is 1.17 bits per heavy atom. The summed E-state index contributed by atoms with van der Waals surface area (Å²) in [5.74, 6) is -0.0145. The highest BCUT2D eigenvalue weighted by molar-refractivity contribution is 7.92. The molecule has 0 saturated heterocycles. The number of sulfonamides is 1. The van der Waals surface area contributed by atoms with E-state index in [-0.39, 0.29) is 5.91 Å². The highest BCUT2D eigenvalue weighted by Crippen LogP contribution is 2.22. The zero-order chi connectivity index (χ0) is 17.3. The molecule has 0 radical (unpaired) electrons. The smallest absolute Gasteiger partial charge is 0.232 e. The van der Waals surface area contributed by atoms with Gasteiger partial charge < -0.3 is 5.32 Å². The molecule has 0 spiro atoms. The van der Waals surface area contributed by atoms with Crippen LogP contribution in [0, 0.1) is 6.92 Å². The van der Waals surface area contributed by atoms with E-state index in [1.807, 2.05) is 25.1 Å². The fourth-order valence-electron chi connectivity index (χ4n) is 2.38. The molecule has 0 atom stereocenters. The van der Waals surface area contributed by atoms with Gasteiger partial charge in [-0.1, -0.05) is 38.0 Å². The maximum absolute atomic E-state index is 12.0. The van der Waals surface area contributed by atoms with E-state index in [0.29, 0.717) is 31.6 Å². The van der Waals surface area contributed by atoms with Crippen molar-refractivity contribution in [2.24, 2.45) is 0 Å². The molecule has 130 valence electrons. The lowest BCUT2D eigenvalue weighted by atomic mass is 10.2. The molecule has 0 aliphatic carbocycles. The van der Waals surface area contributed by atoms with Crippen molar-refractivity contribution in [3.8, 4) is 0 Å². The lowest BCUT2D eigenvalue weighted by Gasteiger charge is -2.24. The highest BCUT2D eigenvalue weighted by atomic mass is 32.2. The third-order valence-electron chi connectivity index (χ3n) is 3.65. The van der Waals surface area contributed by atoms with Crippen molar-refractivity contribution in [1.29, 1.82) is 0 Å². The lowest BCUT2D eigenvalue weighted by molar-refractivity contribution is -0.121. The number of carbonyl (C=O) groups is 1. The molecular formula is C17H28N2O3S. The van der Waals surface area contributed by atoms with Gasteiger partial charge in [-0.2, -0.15) is 0 Å². The molecule has 1 rings (SSSR count). The van der Waals surface area contributed by atoms with E-state index in [1.165, 1.54) is 10.6 Å². The molecule has 1 aromatic rings. The van der Waals surface area contributed by atoms with Gasteiger partial charge in [-0.05, 0) is 31.4 Å². The SMILES string of the molecule is CCCCCNC(=O)CCCN(c1ccccc1C)S(C)(=O)=O. The number of amides is 1. The molecule has 6 heteroatoms. The van der Waals surface area contributed by atoms with Crippen LogP contribution in [0.4, 0.5) is 5.69 Å². The average molecular weight is 340 g/mol. The number of anilines is 1. The van der Waals surface area contributed by atoms with E-state index < -0.39 is 10.0 Å². The van der Waals surface area contributed by atoms with Gasteiger partial charge in [-0.25, -0.2) is 8.42 Å². The van der Waals surface area contributed by atoms with Gasteiger partial charge >= 0.3 is 0 Å². The third kappa shape index (κ3) is 7.03. The molecule has 0 saturated carbocycles. The van der Waals surface area contributed by atoms with Gasteiger partial charge in [0.25, 0.3) is 0 Å². The highest BCUT2D eigenvalue weighted by Gasteiger charge is 2.18. The second-order valence-electron chi connectivity index (χ2n) is 5.78. The van der Waals surface area contributed by atoms with Crippen LogP contribution in [0.25, 0.3) is 0 Å². The monoisotopic (exact) mass is 340 g/mol. The summed E-state index contributed by atoms with van der Waals surface area (Å²) in [7, 11) is -3.36. The minimum absolute atomic E-state index is 0.0145. The quantitative estimate of drug-likeness (QED) is 0.666. The number of hydrogen-bond acceptors (Lipinski definition) is 3. The molecule has 5 nitrogen and oxygen atoms in total. The fraction of sp³-hybridized carbons (Fsp3) is 0.588. The molecule has 1 aromatic carbocycles. The minimum Gasteiger partial charge on any atom is -0.356 e. The first-order chi connectivity index (χ1) is 10.9.